The van der Waals surface area contributed by atoms with E-state index in [2.05, 4.69) is 36.0 Å². The van der Waals surface area contributed by atoms with Gasteiger partial charge in [0.1, 0.15) is 5.76 Å². The van der Waals surface area contributed by atoms with Gasteiger partial charge in [-0.1, -0.05) is 20.8 Å². The molecule has 0 aliphatic rings. The summed E-state index contributed by atoms with van der Waals surface area (Å²) < 4.78 is 5.55. The molecular weight excluding hydrogens is 310 g/mol. The number of rotatable bonds is 9. The highest BCUT2D eigenvalue weighted by atomic mass is 32.1. The minimum absolute atomic E-state index is 0.00154. The van der Waals surface area contributed by atoms with E-state index in [1.165, 1.54) is 0 Å². The molecule has 5 nitrogen and oxygen atoms in total. The third-order valence-corrected chi connectivity index (χ3v) is 4.90. The van der Waals surface area contributed by atoms with E-state index in [9.17, 15) is 4.79 Å². The van der Waals surface area contributed by atoms with Gasteiger partial charge in [0, 0.05) is 11.9 Å². The minimum Gasteiger partial charge on any atom is -0.468 e. The summed E-state index contributed by atoms with van der Waals surface area (Å²) >= 11 is 1.61. The molecule has 2 rings (SSSR count). The molecule has 2 aromatic heterocycles. The van der Waals surface area contributed by atoms with Crippen molar-refractivity contribution in [3.63, 3.8) is 0 Å². The van der Waals surface area contributed by atoms with Crippen LogP contribution in [0.25, 0.3) is 0 Å². The number of carbonyl (C=O) groups excluding carboxylic acids is 1. The first-order valence-corrected chi connectivity index (χ1v) is 9.03. The first-order valence-electron chi connectivity index (χ1n) is 8.15. The Balaban J connectivity index is 1.93. The Labute approximate surface area is 141 Å². The Morgan fingerprint density at radius 3 is 2.74 bits per heavy atom. The smallest absolute Gasteiger partial charge is 0.226 e. The molecule has 1 atom stereocenters. The maximum atomic E-state index is 12.2. The van der Waals surface area contributed by atoms with Gasteiger partial charge >= 0.3 is 0 Å². The molecule has 0 saturated carbocycles. The number of thiazole rings is 1. The number of aryl methyl sites for hydroxylation is 1. The second kappa shape index (κ2) is 8.84. The summed E-state index contributed by atoms with van der Waals surface area (Å²) in [6.45, 7) is 8.65. The van der Waals surface area contributed by atoms with Crippen LogP contribution in [-0.4, -0.2) is 35.4 Å². The normalized spacial score (nSPS) is 12.5. The summed E-state index contributed by atoms with van der Waals surface area (Å²) in [7, 11) is 0. The largest absolute Gasteiger partial charge is 0.468 e. The molecule has 0 bridgehead atoms. The van der Waals surface area contributed by atoms with Gasteiger partial charge in [0.25, 0.3) is 0 Å². The topological polar surface area (TPSA) is 58.4 Å². The van der Waals surface area contributed by atoms with Crippen molar-refractivity contribution in [2.45, 2.75) is 39.7 Å². The van der Waals surface area contributed by atoms with Crippen molar-refractivity contribution < 1.29 is 9.21 Å². The number of likely N-dealkylation sites (N-methyl/N-ethyl adjacent to an activating group) is 1. The van der Waals surface area contributed by atoms with Gasteiger partial charge in [-0.3, -0.25) is 9.69 Å². The summed E-state index contributed by atoms with van der Waals surface area (Å²) in [5.41, 5.74) is 0.849. The van der Waals surface area contributed by atoms with E-state index >= 15 is 0 Å². The highest BCUT2D eigenvalue weighted by molar-refractivity contribution is 7.09. The molecule has 0 fully saturated rings. The van der Waals surface area contributed by atoms with Gasteiger partial charge in [0.15, 0.2) is 0 Å². The van der Waals surface area contributed by atoms with Gasteiger partial charge < -0.3 is 9.73 Å². The Morgan fingerprint density at radius 1 is 1.39 bits per heavy atom. The number of nitrogens with zero attached hydrogens (tertiary/aromatic N) is 2. The first kappa shape index (κ1) is 17.7. The Hall–Kier alpha value is -1.66. The fraction of sp³-hybridized carbons (Fsp3) is 0.529. The molecule has 0 radical (unpaired) electrons. The van der Waals surface area contributed by atoms with Gasteiger partial charge in [0.2, 0.25) is 5.91 Å². The fourth-order valence-electron chi connectivity index (χ4n) is 2.58. The molecule has 1 amide bonds. The molecule has 0 saturated heterocycles. The number of amides is 1. The summed E-state index contributed by atoms with van der Waals surface area (Å²) in [5.74, 6) is 0.887. The standard InChI is InChI=1S/C17H25N3O2S/c1-4-17-19-13(12-23-17)10-16(21)18-11-14(20(5-2)6-3)15-8-7-9-22-15/h7-9,12,14H,4-6,10-11H2,1-3H3,(H,18,21). The van der Waals surface area contributed by atoms with E-state index in [1.54, 1.807) is 17.6 Å². The highest BCUT2D eigenvalue weighted by Gasteiger charge is 2.21. The second-order valence-electron chi connectivity index (χ2n) is 5.32. The molecule has 23 heavy (non-hydrogen) atoms. The number of aromatic nitrogens is 1. The van der Waals surface area contributed by atoms with Crippen molar-refractivity contribution in [1.29, 1.82) is 0 Å². The van der Waals surface area contributed by atoms with Crippen LogP contribution in [0.3, 0.4) is 0 Å². The Morgan fingerprint density at radius 2 is 2.17 bits per heavy atom. The lowest BCUT2D eigenvalue weighted by molar-refractivity contribution is -0.120. The summed E-state index contributed by atoms with van der Waals surface area (Å²) in [4.78, 5) is 18.9. The second-order valence-corrected chi connectivity index (χ2v) is 6.26. The van der Waals surface area contributed by atoms with Crippen LogP contribution in [0.1, 0.15) is 43.3 Å². The zero-order valence-electron chi connectivity index (χ0n) is 14.0. The third-order valence-electron chi connectivity index (χ3n) is 3.86. The molecule has 0 spiro atoms. The van der Waals surface area contributed by atoms with E-state index in [0.717, 1.165) is 36.0 Å². The third kappa shape index (κ3) is 4.91. The van der Waals surface area contributed by atoms with Crippen LogP contribution >= 0.6 is 11.3 Å². The number of furan rings is 1. The Kier molecular flexibility index (Phi) is 6.80. The number of carbonyl (C=O) groups is 1. The van der Waals surface area contributed by atoms with Gasteiger partial charge in [-0.05, 0) is 31.6 Å². The molecule has 0 aromatic carbocycles. The van der Waals surface area contributed by atoms with Crippen LogP contribution < -0.4 is 5.32 Å². The van der Waals surface area contributed by atoms with Crippen molar-refractivity contribution >= 4 is 17.2 Å². The number of hydrogen-bond donors (Lipinski definition) is 1. The van der Waals surface area contributed by atoms with Crippen LogP contribution in [-0.2, 0) is 17.6 Å². The lowest BCUT2D eigenvalue weighted by atomic mass is 10.1. The summed E-state index contributed by atoms with van der Waals surface area (Å²) in [6.07, 6.45) is 2.92. The SMILES string of the molecule is CCc1nc(CC(=O)NCC(c2ccco2)N(CC)CC)cs1. The Bertz CT molecular complexity index is 591. The van der Waals surface area contributed by atoms with Gasteiger partial charge in [-0.2, -0.15) is 0 Å². The van der Waals surface area contributed by atoms with Gasteiger partial charge in [-0.25, -0.2) is 4.98 Å². The van der Waals surface area contributed by atoms with Crippen LogP contribution in [0.4, 0.5) is 0 Å². The first-order chi connectivity index (χ1) is 11.2. The monoisotopic (exact) mass is 335 g/mol. The average molecular weight is 335 g/mol. The molecule has 1 N–H and O–H groups in total. The molecule has 2 aromatic rings. The quantitative estimate of drug-likeness (QED) is 0.765. The number of nitrogens with one attached hydrogen (secondary N) is 1. The van der Waals surface area contributed by atoms with Crippen molar-refractivity contribution in [2.24, 2.45) is 0 Å². The lowest BCUT2D eigenvalue weighted by Crippen LogP contribution is -2.38. The molecule has 6 heteroatoms. The molecule has 2 heterocycles. The molecule has 1 unspecified atom stereocenters. The maximum Gasteiger partial charge on any atom is 0.226 e. The van der Waals surface area contributed by atoms with Crippen LogP contribution in [0, 0.1) is 0 Å². The van der Waals surface area contributed by atoms with Gasteiger partial charge in [0.05, 0.1) is 29.4 Å². The van der Waals surface area contributed by atoms with Gasteiger partial charge in [-0.15, -0.1) is 11.3 Å². The van der Waals surface area contributed by atoms with Crippen molar-refractivity contribution in [3.05, 3.63) is 40.2 Å². The van der Waals surface area contributed by atoms with E-state index in [1.807, 2.05) is 17.5 Å². The zero-order valence-corrected chi connectivity index (χ0v) is 14.9. The molecule has 0 aliphatic heterocycles. The molecular formula is C17H25N3O2S. The van der Waals surface area contributed by atoms with Crippen LogP contribution in [0.15, 0.2) is 28.2 Å². The zero-order chi connectivity index (χ0) is 16.7. The number of hydrogen-bond acceptors (Lipinski definition) is 5. The molecule has 0 aliphatic carbocycles. The van der Waals surface area contributed by atoms with E-state index in [0.29, 0.717) is 13.0 Å². The maximum absolute atomic E-state index is 12.2. The fourth-order valence-corrected chi connectivity index (χ4v) is 3.33. The van der Waals surface area contributed by atoms with Crippen LogP contribution in [0.5, 0.6) is 0 Å². The lowest BCUT2D eigenvalue weighted by Gasteiger charge is -2.28. The average Bonchev–Trinajstić information content (AvgIpc) is 3.22. The van der Waals surface area contributed by atoms with E-state index < -0.39 is 0 Å². The predicted octanol–water partition coefficient (Wildman–Crippen LogP) is 3.04. The van der Waals surface area contributed by atoms with E-state index in [4.69, 9.17) is 4.42 Å². The van der Waals surface area contributed by atoms with Crippen LogP contribution in [0.2, 0.25) is 0 Å². The van der Waals surface area contributed by atoms with Crippen molar-refractivity contribution in [2.75, 3.05) is 19.6 Å². The predicted molar refractivity (Wildman–Crippen MR) is 92.6 cm³/mol. The van der Waals surface area contributed by atoms with Crippen molar-refractivity contribution in [1.82, 2.24) is 15.2 Å². The molecule has 126 valence electrons. The van der Waals surface area contributed by atoms with E-state index in [-0.39, 0.29) is 11.9 Å². The van der Waals surface area contributed by atoms with Crippen molar-refractivity contribution in [3.8, 4) is 0 Å². The summed E-state index contributed by atoms with van der Waals surface area (Å²) in [6, 6.07) is 3.91. The summed E-state index contributed by atoms with van der Waals surface area (Å²) in [5, 5.41) is 6.06. The highest BCUT2D eigenvalue weighted by Crippen LogP contribution is 2.20. The minimum atomic E-state index is 0.00154.